The standard InChI is InChI=1S/C14H16N4O/c1-8-6-9(2)10(3)11(7-8)19-14-12(13(15)16)17-4-5-18-14/h4-7H,1-3H3,(H3,15,16). The van der Waals surface area contributed by atoms with Gasteiger partial charge in [0.25, 0.3) is 0 Å². The molecule has 98 valence electrons. The minimum atomic E-state index is -0.162. The van der Waals surface area contributed by atoms with E-state index in [9.17, 15) is 0 Å². The minimum Gasteiger partial charge on any atom is -0.437 e. The van der Waals surface area contributed by atoms with Crippen molar-refractivity contribution in [2.45, 2.75) is 20.8 Å². The van der Waals surface area contributed by atoms with Crippen molar-refractivity contribution in [3.8, 4) is 11.6 Å². The van der Waals surface area contributed by atoms with E-state index in [1.54, 1.807) is 0 Å². The zero-order valence-electron chi connectivity index (χ0n) is 11.2. The van der Waals surface area contributed by atoms with E-state index in [2.05, 4.69) is 16.0 Å². The van der Waals surface area contributed by atoms with Gasteiger partial charge in [0.05, 0.1) is 0 Å². The van der Waals surface area contributed by atoms with Crippen LogP contribution in [-0.2, 0) is 0 Å². The van der Waals surface area contributed by atoms with Crippen LogP contribution in [0.2, 0.25) is 0 Å². The highest BCUT2D eigenvalue weighted by Crippen LogP contribution is 2.28. The molecular weight excluding hydrogens is 240 g/mol. The van der Waals surface area contributed by atoms with Gasteiger partial charge in [0.2, 0.25) is 5.88 Å². The van der Waals surface area contributed by atoms with E-state index in [1.807, 2.05) is 26.8 Å². The van der Waals surface area contributed by atoms with Gasteiger partial charge >= 0.3 is 0 Å². The molecule has 0 saturated carbocycles. The smallest absolute Gasteiger partial charge is 0.249 e. The van der Waals surface area contributed by atoms with Crippen LogP contribution < -0.4 is 10.5 Å². The number of hydrogen-bond donors (Lipinski definition) is 2. The predicted molar refractivity (Wildman–Crippen MR) is 73.8 cm³/mol. The summed E-state index contributed by atoms with van der Waals surface area (Å²) in [5.41, 5.74) is 9.00. The molecule has 0 unspecified atom stereocenters. The largest absolute Gasteiger partial charge is 0.437 e. The average molecular weight is 256 g/mol. The number of nitrogens with one attached hydrogen (secondary N) is 1. The summed E-state index contributed by atoms with van der Waals surface area (Å²) in [6.45, 7) is 6.01. The predicted octanol–water partition coefficient (Wildman–Crippen LogP) is 2.48. The Morgan fingerprint density at radius 1 is 1.16 bits per heavy atom. The quantitative estimate of drug-likeness (QED) is 0.652. The second-order valence-electron chi connectivity index (χ2n) is 4.43. The van der Waals surface area contributed by atoms with E-state index in [0.717, 1.165) is 16.7 Å². The van der Waals surface area contributed by atoms with Crippen LogP contribution in [-0.4, -0.2) is 15.8 Å². The van der Waals surface area contributed by atoms with Crippen molar-refractivity contribution in [1.29, 1.82) is 5.41 Å². The van der Waals surface area contributed by atoms with Gasteiger partial charge in [0.15, 0.2) is 5.69 Å². The molecule has 2 aromatic rings. The Balaban J connectivity index is 2.45. The Kier molecular flexibility index (Phi) is 3.46. The van der Waals surface area contributed by atoms with Crippen LogP contribution in [0.3, 0.4) is 0 Å². The SMILES string of the molecule is Cc1cc(C)c(C)c(Oc2nccnc2C(=N)N)c1. The van der Waals surface area contributed by atoms with E-state index in [4.69, 9.17) is 15.9 Å². The van der Waals surface area contributed by atoms with E-state index in [-0.39, 0.29) is 17.4 Å². The molecule has 5 heteroatoms. The maximum Gasteiger partial charge on any atom is 0.249 e. The highest BCUT2D eigenvalue weighted by atomic mass is 16.5. The van der Waals surface area contributed by atoms with Crippen molar-refractivity contribution < 1.29 is 4.74 Å². The first-order valence-corrected chi connectivity index (χ1v) is 5.90. The highest BCUT2D eigenvalue weighted by molar-refractivity contribution is 5.95. The van der Waals surface area contributed by atoms with Crippen molar-refractivity contribution in [1.82, 2.24) is 9.97 Å². The third kappa shape index (κ3) is 2.70. The second kappa shape index (κ2) is 5.06. The zero-order valence-corrected chi connectivity index (χ0v) is 11.2. The van der Waals surface area contributed by atoms with Crippen LogP contribution in [0.1, 0.15) is 22.4 Å². The molecule has 0 saturated heterocycles. The first-order valence-electron chi connectivity index (χ1n) is 5.90. The summed E-state index contributed by atoms with van der Waals surface area (Å²) in [6.07, 6.45) is 3.00. The second-order valence-corrected chi connectivity index (χ2v) is 4.43. The number of aryl methyl sites for hydroxylation is 2. The molecule has 0 aliphatic carbocycles. The lowest BCUT2D eigenvalue weighted by Crippen LogP contribution is -2.15. The number of benzene rings is 1. The zero-order chi connectivity index (χ0) is 14.0. The van der Waals surface area contributed by atoms with Crippen molar-refractivity contribution in [2.75, 3.05) is 0 Å². The van der Waals surface area contributed by atoms with Gasteiger partial charge in [-0.25, -0.2) is 9.97 Å². The van der Waals surface area contributed by atoms with E-state index in [0.29, 0.717) is 5.75 Å². The van der Waals surface area contributed by atoms with Crippen LogP contribution in [0.25, 0.3) is 0 Å². The van der Waals surface area contributed by atoms with Crippen LogP contribution in [0, 0.1) is 26.2 Å². The first-order chi connectivity index (χ1) is 8.99. The minimum absolute atomic E-state index is 0.162. The molecule has 0 radical (unpaired) electrons. The lowest BCUT2D eigenvalue weighted by Gasteiger charge is -2.12. The van der Waals surface area contributed by atoms with Gasteiger partial charge in [0.1, 0.15) is 11.6 Å². The summed E-state index contributed by atoms with van der Waals surface area (Å²) in [5.74, 6) is 0.800. The molecular formula is C14H16N4O. The fraction of sp³-hybridized carbons (Fsp3) is 0.214. The molecule has 3 N–H and O–H groups in total. The molecule has 1 heterocycles. The van der Waals surface area contributed by atoms with E-state index in [1.165, 1.54) is 12.4 Å². The number of aromatic nitrogens is 2. The van der Waals surface area contributed by atoms with Crippen molar-refractivity contribution >= 4 is 5.84 Å². The number of ether oxygens (including phenoxy) is 1. The first kappa shape index (κ1) is 13.0. The van der Waals surface area contributed by atoms with Gasteiger partial charge in [-0.05, 0) is 43.5 Å². The number of rotatable bonds is 3. The lowest BCUT2D eigenvalue weighted by atomic mass is 10.1. The molecule has 0 amide bonds. The van der Waals surface area contributed by atoms with Crippen molar-refractivity contribution in [3.05, 3.63) is 46.9 Å². The Hall–Kier alpha value is -2.43. The molecule has 0 bridgehead atoms. The Bertz CT molecular complexity index is 637. The number of nitrogens with two attached hydrogens (primary N) is 1. The Morgan fingerprint density at radius 2 is 1.84 bits per heavy atom. The van der Waals surface area contributed by atoms with Gasteiger partial charge in [-0.2, -0.15) is 0 Å². The summed E-state index contributed by atoms with van der Waals surface area (Å²) >= 11 is 0. The van der Waals surface area contributed by atoms with Crippen molar-refractivity contribution in [2.24, 2.45) is 5.73 Å². The molecule has 0 fully saturated rings. The summed E-state index contributed by atoms with van der Waals surface area (Å²) in [4.78, 5) is 8.10. The third-order valence-corrected chi connectivity index (χ3v) is 2.89. The Labute approximate surface area is 112 Å². The third-order valence-electron chi connectivity index (χ3n) is 2.89. The molecule has 0 spiro atoms. The molecule has 2 rings (SSSR count). The summed E-state index contributed by atoms with van der Waals surface area (Å²) in [5, 5.41) is 7.48. The van der Waals surface area contributed by atoms with Crippen molar-refractivity contribution in [3.63, 3.8) is 0 Å². The van der Waals surface area contributed by atoms with Crippen LogP contribution >= 0.6 is 0 Å². The van der Waals surface area contributed by atoms with Crippen LogP contribution in [0.15, 0.2) is 24.5 Å². The van der Waals surface area contributed by atoms with Crippen LogP contribution in [0.4, 0.5) is 0 Å². The molecule has 0 aliphatic heterocycles. The number of amidine groups is 1. The fourth-order valence-corrected chi connectivity index (χ4v) is 1.80. The summed E-state index contributed by atoms with van der Waals surface area (Å²) < 4.78 is 5.77. The topological polar surface area (TPSA) is 84.9 Å². The monoisotopic (exact) mass is 256 g/mol. The average Bonchev–Trinajstić information content (AvgIpc) is 2.35. The fourth-order valence-electron chi connectivity index (χ4n) is 1.80. The van der Waals surface area contributed by atoms with Gasteiger partial charge < -0.3 is 10.5 Å². The lowest BCUT2D eigenvalue weighted by molar-refractivity contribution is 0.454. The summed E-state index contributed by atoms with van der Waals surface area (Å²) in [6, 6.07) is 4.02. The molecule has 0 atom stereocenters. The van der Waals surface area contributed by atoms with Gasteiger partial charge in [0, 0.05) is 12.4 Å². The number of nitrogens with zero attached hydrogens (tertiary/aromatic N) is 2. The molecule has 0 aliphatic rings. The number of hydrogen-bond acceptors (Lipinski definition) is 4. The van der Waals surface area contributed by atoms with Crippen LogP contribution in [0.5, 0.6) is 11.6 Å². The van der Waals surface area contributed by atoms with E-state index < -0.39 is 0 Å². The normalized spacial score (nSPS) is 10.3. The highest BCUT2D eigenvalue weighted by Gasteiger charge is 2.12. The maximum absolute atomic E-state index is 7.48. The van der Waals surface area contributed by atoms with Gasteiger partial charge in [-0.1, -0.05) is 6.07 Å². The van der Waals surface area contributed by atoms with E-state index >= 15 is 0 Å². The molecule has 19 heavy (non-hydrogen) atoms. The van der Waals surface area contributed by atoms with Gasteiger partial charge in [-0.3, -0.25) is 5.41 Å². The molecule has 1 aromatic carbocycles. The molecule has 1 aromatic heterocycles. The van der Waals surface area contributed by atoms with Gasteiger partial charge in [-0.15, -0.1) is 0 Å². The number of nitrogen functional groups attached to an aromatic ring is 1. The summed E-state index contributed by atoms with van der Waals surface area (Å²) in [7, 11) is 0. The maximum atomic E-state index is 7.48. The molecule has 5 nitrogen and oxygen atoms in total. The Morgan fingerprint density at radius 3 is 2.53 bits per heavy atom.